The van der Waals surface area contributed by atoms with Crippen LogP contribution in [0.3, 0.4) is 0 Å². The summed E-state index contributed by atoms with van der Waals surface area (Å²) in [4.78, 5) is 13.6. The minimum atomic E-state index is -0.642. The van der Waals surface area contributed by atoms with E-state index >= 15 is 0 Å². The third-order valence-electron chi connectivity index (χ3n) is 5.08. The van der Waals surface area contributed by atoms with Gasteiger partial charge in [-0.15, -0.1) is 0 Å². The van der Waals surface area contributed by atoms with Crippen molar-refractivity contribution in [2.24, 2.45) is 11.8 Å². The van der Waals surface area contributed by atoms with Crippen LogP contribution < -0.4 is 0 Å². The predicted molar refractivity (Wildman–Crippen MR) is 85.3 cm³/mol. The van der Waals surface area contributed by atoms with Crippen LogP contribution >= 0.6 is 11.8 Å². The van der Waals surface area contributed by atoms with Crippen molar-refractivity contribution in [2.45, 2.75) is 64.5 Å². The van der Waals surface area contributed by atoms with Crippen LogP contribution in [0.4, 0.5) is 0 Å². The smallest absolute Gasteiger partial charge is 0.304 e. The maximum atomic E-state index is 11.1. The van der Waals surface area contributed by atoms with Gasteiger partial charge in [-0.25, -0.2) is 0 Å². The van der Waals surface area contributed by atoms with Crippen molar-refractivity contribution in [2.75, 3.05) is 18.1 Å². The number of hydrogen-bond donors (Lipinski definition) is 1. The summed E-state index contributed by atoms with van der Waals surface area (Å²) < 4.78 is 0. The number of nitrogens with zero attached hydrogens (tertiary/aromatic N) is 1. The molecule has 1 aliphatic heterocycles. The second-order valence-corrected chi connectivity index (χ2v) is 7.88. The van der Waals surface area contributed by atoms with Crippen molar-refractivity contribution >= 4 is 17.7 Å². The Bertz CT molecular complexity index is 322. The highest BCUT2D eigenvalue weighted by atomic mass is 32.2. The third-order valence-corrected chi connectivity index (χ3v) is 6.17. The van der Waals surface area contributed by atoms with Gasteiger partial charge >= 0.3 is 5.97 Å². The topological polar surface area (TPSA) is 40.5 Å². The number of thioether (sulfide) groups is 1. The third kappa shape index (κ3) is 4.39. The van der Waals surface area contributed by atoms with Gasteiger partial charge < -0.3 is 5.11 Å². The molecule has 1 heterocycles. The fourth-order valence-corrected chi connectivity index (χ4v) is 4.92. The average Bonchev–Trinajstić information content (AvgIpc) is 2.64. The minimum absolute atomic E-state index is 0.256. The molecule has 0 amide bonds. The fraction of sp³-hybridized carbons (Fsp3) is 0.938. The van der Waals surface area contributed by atoms with Crippen molar-refractivity contribution in [3.05, 3.63) is 0 Å². The summed E-state index contributed by atoms with van der Waals surface area (Å²) >= 11 is 1.92. The van der Waals surface area contributed by atoms with Gasteiger partial charge in [0.05, 0.1) is 6.42 Å². The number of rotatable bonds is 4. The van der Waals surface area contributed by atoms with Crippen molar-refractivity contribution in [3.8, 4) is 0 Å². The summed E-state index contributed by atoms with van der Waals surface area (Å²) in [6.45, 7) is 5.77. The first-order valence-corrected chi connectivity index (χ1v) is 9.28. The molecule has 3 unspecified atom stereocenters. The zero-order valence-electron chi connectivity index (χ0n) is 12.9. The van der Waals surface area contributed by atoms with Crippen LogP contribution in [0.1, 0.15) is 52.4 Å². The minimum Gasteiger partial charge on any atom is -0.481 e. The van der Waals surface area contributed by atoms with Crippen molar-refractivity contribution < 1.29 is 9.90 Å². The molecule has 3 atom stereocenters. The van der Waals surface area contributed by atoms with Crippen LogP contribution in [0.2, 0.25) is 0 Å². The molecule has 0 aromatic carbocycles. The summed E-state index contributed by atoms with van der Waals surface area (Å²) in [6.07, 6.45) is 6.85. The molecule has 0 radical (unpaired) electrons. The molecule has 1 aliphatic carbocycles. The van der Waals surface area contributed by atoms with Gasteiger partial charge in [-0.1, -0.05) is 26.7 Å². The van der Waals surface area contributed by atoms with Gasteiger partial charge in [0.1, 0.15) is 0 Å². The van der Waals surface area contributed by atoms with Crippen LogP contribution in [-0.4, -0.2) is 46.1 Å². The van der Waals surface area contributed by atoms with E-state index in [0.717, 1.165) is 24.1 Å². The molecular weight excluding hydrogens is 270 g/mol. The lowest BCUT2D eigenvalue weighted by molar-refractivity contribution is -0.138. The first-order chi connectivity index (χ1) is 9.58. The van der Waals surface area contributed by atoms with E-state index in [9.17, 15) is 4.79 Å². The zero-order chi connectivity index (χ0) is 14.5. The summed E-state index contributed by atoms with van der Waals surface area (Å²) in [5.41, 5.74) is 0. The maximum absolute atomic E-state index is 11.1. The van der Waals surface area contributed by atoms with Gasteiger partial charge in [-0.3, -0.25) is 9.69 Å². The Balaban J connectivity index is 1.95. The van der Waals surface area contributed by atoms with E-state index in [2.05, 4.69) is 18.7 Å². The summed E-state index contributed by atoms with van der Waals surface area (Å²) in [6, 6.07) is 0.885. The molecule has 0 aromatic rings. The first-order valence-electron chi connectivity index (χ1n) is 8.13. The van der Waals surface area contributed by atoms with Crippen molar-refractivity contribution in [1.29, 1.82) is 0 Å². The lowest BCUT2D eigenvalue weighted by Crippen LogP contribution is -2.49. The van der Waals surface area contributed by atoms with Crippen LogP contribution in [0.15, 0.2) is 0 Å². The molecule has 1 saturated heterocycles. The Morgan fingerprint density at radius 2 is 2.10 bits per heavy atom. The Labute approximate surface area is 127 Å². The second kappa shape index (κ2) is 7.69. The molecule has 3 nitrogen and oxygen atoms in total. The van der Waals surface area contributed by atoms with E-state index in [-0.39, 0.29) is 6.04 Å². The van der Waals surface area contributed by atoms with E-state index in [1.807, 2.05) is 11.8 Å². The van der Waals surface area contributed by atoms with E-state index < -0.39 is 5.97 Å². The lowest BCUT2D eigenvalue weighted by atomic mass is 9.89. The summed E-state index contributed by atoms with van der Waals surface area (Å²) in [7, 11) is 0. The molecule has 4 heteroatoms. The Morgan fingerprint density at radius 3 is 2.80 bits per heavy atom. The highest BCUT2D eigenvalue weighted by molar-refractivity contribution is 7.99. The molecule has 2 fully saturated rings. The Hall–Kier alpha value is -0.220. The highest BCUT2D eigenvalue weighted by Gasteiger charge is 2.32. The molecule has 0 spiro atoms. The molecular formula is C16H29NO2S. The van der Waals surface area contributed by atoms with Crippen molar-refractivity contribution in [3.63, 3.8) is 0 Å². The van der Waals surface area contributed by atoms with Gasteiger partial charge in [0, 0.05) is 30.1 Å². The Morgan fingerprint density at radius 1 is 1.30 bits per heavy atom. The van der Waals surface area contributed by atoms with Gasteiger partial charge in [-0.05, 0) is 31.1 Å². The molecule has 1 saturated carbocycles. The van der Waals surface area contributed by atoms with Crippen LogP contribution in [0.25, 0.3) is 0 Å². The SMILES string of the molecule is CC(C)C1CCCC(N2CCSCC2CC(=O)O)CC1. The standard InChI is InChI=1S/C16H29NO2S/c1-12(2)13-4-3-5-14(7-6-13)17-8-9-20-11-15(17)10-16(18)19/h12-15H,3-11H2,1-2H3,(H,18,19). The molecule has 2 rings (SSSR count). The highest BCUT2D eigenvalue weighted by Crippen LogP contribution is 2.33. The van der Waals surface area contributed by atoms with Gasteiger partial charge in [0.15, 0.2) is 0 Å². The first kappa shape index (κ1) is 16.2. The molecule has 0 bridgehead atoms. The number of aliphatic carboxylic acids is 1. The predicted octanol–water partition coefficient (Wildman–Crippen LogP) is 3.48. The number of hydrogen-bond acceptors (Lipinski definition) is 3. The zero-order valence-corrected chi connectivity index (χ0v) is 13.7. The van der Waals surface area contributed by atoms with E-state index in [1.54, 1.807) is 0 Å². The molecule has 2 aliphatic rings. The van der Waals surface area contributed by atoms with Crippen molar-refractivity contribution in [1.82, 2.24) is 4.90 Å². The number of carboxylic acid groups (broad SMARTS) is 1. The van der Waals surface area contributed by atoms with E-state index in [0.29, 0.717) is 12.5 Å². The quantitative estimate of drug-likeness (QED) is 0.807. The van der Waals surface area contributed by atoms with Crippen LogP contribution in [0, 0.1) is 11.8 Å². The van der Waals surface area contributed by atoms with E-state index in [1.165, 1.54) is 37.9 Å². The maximum Gasteiger partial charge on any atom is 0.304 e. The van der Waals surface area contributed by atoms with Gasteiger partial charge in [0.2, 0.25) is 0 Å². The van der Waals surface area contributed by atoms with Crippen LogP contribution in [0.5, 0.6) is 0 Å². The molecule has 116 valence electrons. The number of carbonyl (C=O) groups is 1. The van der Waals surface area contributed by atoms with E-state index in [4.69, 9.17) is 5.11 Å². The number of carboxylic acids is 1. The summed E-state index contributed by atoms with van der Waals surface area (Å²) in [5, 5.41) is 9.12. The fourth-order valence-electron chi connectivity index (χ4n) is 3.84. The van der Waals surface area contributed by atoms with Gasteiger partial charge in [0.25, 0.3) is 0 Å². The molecule has 20 heavy (non-hydrogen) atoms. The molecule has 1 N–H and O–H groups in total. The van der Waals surface area contributed by atoms with Gasteiger partial charge in [-0.2, -0.15) is 11.8 Å². The second-order valence-electron chi connectivity index (χ2n) is 6.73. The average molecular weight is 299 g/mol. The molecule has 0 aromatic heterocycles. The monoisotopic (exact) mass is 299 g/mol. The largest absolute Gasteiger partial charge is 0.481 e. The van der Waals surface area contributed by atoms with Crippen LogP contribution in [-0.2, 0) is 4.79 Å². The Kier molecular flexibility index (Phi) is 6.21. The normalized spacial score (nSPS) is 33.0. The lowest BCUT2D eigenvalue weighted by Gasteiger charge is -2.40. The summed E-state index contributed by atoms with van der Waals surface area (Å²) in [5.74, 6) is 3.19.